The molecule has 0 saturated carbocycles. The number of carbonyl (C=O) groups is 1. The van der Waals surface area contributed by atoms with E-state index in [0.29, 0.717) is 36.9 Å². The molecule has 0 aromatic heterocycles. The maximum Gasteiger partial charge on any atom is 0.410 e. The summed E-state index contributed by atoms with van der Waals surface area (Å²) in [6, 6.07) is 9.19. The number of hydrogen-bond acceptors (Lipinski definition) is 5. The second-order valence-corrected chi connectivity index (χ2v) is 7.67. The van der Waals surface area contributed by atoms with Crippen LogP contribution in [0.5, 0.6) is 5.75 Å². The molecule has 1 N–H and O–H groups in total. The van der Waals surface area contributed by atoms with E-state index in [0.717, 1.165) is 12.8 Å². The smallest absolute Gasteiger partial charge is 0.410 e. The van der Waals surface area contributed by atoms with Gasteiger partial charge in [-0.25, -0.2) is 4.79 Å². The minimum Gasteiger partial charge on any atom is -0.493 e. The fourth-order valence-electron chi connectivity index (χ4n) is 2.84. The number of aliphatic hydroxyl groups is 1. The van der Waals surface area contributed by atoms with E-state index < -0.39 is 11.7 Å². The first-order valence-corrected chi connectivity index (χ1v) is 9.04. The summed E-state index contributed by atoms with van der Waals surface area (Å²) >= 11 is 0. The quantitative estimate of drug-likeness (QED) is 0.866. The molecule has 0 spiro atoms. The van der Waals surface area contributed by atoms with Crippen molar-refractivity contribution in [3.05, 3.63) is 29.8 Å². The molecule has 1 heterocycles. The zero-order valence-electron chi connectivity index (χ0n) is 15.8. The van der Waals surface area contributed by atoms with E-state index in [2.05, 4.69) is 0 Å². The van der Waals surface area contributed by atoms with E-state index in [9.17, 15) is 9.90 Å². The third-order valence-corrected chi connectivity index (χ3v) is 4.28. The topological polar surface area (TPSA) is 82.8 Å². The Labute approximate surface area is 155 Å². The van der Waals surface area contributed by atoms with Crippen molar-refractivity contribution in [3.8, 4) is 11.8 Å². The summed E-state index contributed by atoms with van der Waals surface area (Å²) in [5.74, 6) is 1.07. The third-order valence-electron chi connectivity index (χ3n) is 4.28. The molecule has 1 aliphatic rings. The van der Waals surface area contributed by atoms with Crippen molar-refractivity contribution in [2.24, 2.45) is 5.92 Å². The molecule has 0 aliphatic carbocycles. The van der Waals surface area contributed by atoms with Crippen molar-refractivity contribution in [3.63, 3.8) is 0 Å². The minimum absolute atomic E-state index is 0.0621. The molecule has 1 aromatic rings. The third kappa shape index (κ3) is 6.23. The first-order chi connectivity index (χ1) is 12.3. The summed E-state index contributed by atoms with van der Waals surface area (Å²) in [4.78, 5) is 13.8. The number of nitrogens with zero attached hydrogens (tertiary/aromatic N) is 2. The lowest BCUT2D eigenvalue weighted by Crippen LogP contribution is -2.42. The molecule has 142 valence electrons. The van der Waals surface area contributed by atoms with E-state index in [1.165, 1.54) is 0 Å². The Morgan fingerprint density at radius 3 is 2.69 bits per heavy atom. The molecule has 1 aromatic carbocycles. The number of carbonyl (C=O) groups excluding carboxylic acids is 1. The average molecular weight is 360 g/mol. The van der Waals surface area contributed by atoms with Crippen molar-refractivity contribution in [2.45, 2.75) is 51.7 Å². The number of hydrogen-bond donors (Lipinski definition) is 1. The fourth-order valence-corrected chi connectivity index (χ4v) is 2.84. The second kappa shape index (κ2) is 8.91. The van der Waals surface area contributed by atoms with Crippen LogP contribution in [0.2, 0.25) is 0 Å². The van der Waals surface area contributed by atoms with Crippen molar-refractivity contribution >= 4 is 6.09 Å². The monoisotopic (exact) mass is 360 g/mol. The number of ether oxygens (including phenoxy) is 2. The van der Waals surface area contributed by atoms with Gasteiger partial charge in [0.05, 0.1) is 25.2 Å². The minimum atomic E-state index is -0.791. The molecule has 6 heteroatoms. The molecule has 6 nitrogen and oxygen atoms in total. The van der Waals surface area contributed by atoms with Crippen LogP contribution in [-0.2, 0) is 4.74 Å². The van der Waals surface area contributed by atoms with Crippen LogP contribution in [0.25, 0.3) is 0 Å². The van der Waals surface area contributed by atoms with Crippen LogP contribution < -0.4 is 4.74 Å². The fraction of sp³-hybridized carbons (Fsp3) is 0.600. The molecule has 1 amide bonds. The van der Waals surface area contributed by atoms with Gasteiger partial charge in [-0.05, 0) is 57.2 Å². The summed E-state index contributed by atoms with van der Waals surface area (Å²) in [5.41, 5.74) is 0.210. The first kappa shape index (κ1) is 20.1. The molecule has 26 heavy (non-hydrogen) atoms. The Bertz CT molecular complexity index is 640. The number of benzene rings is 1. The lowest BCUT2D eigenvalue weighted by molar-refractivity contribution is 0.0165. The van der Waals surface area contributed by atoms with Crippen LogP contribution in [0.1, 0.15) is 51.7 Å². The van der Waals surface area contributed by atoms with Crippen molar-refractivity contribution in [1.82, 2.24) is 4.90 Å². The SMILES string of the molecule is CC(C)(C)OC(=O)N1CCC(COc2cccc(C(O)CC#N)c2)CC1. The summed E-state index contributed by atoms with van der Waals surface area (Å²) in [7, 11) is 0. The summed E-state index contributed by atoms with van der Waals surface area (Å²) in [6.45, 7) is 7.52. The zero-order valence-corrected chi connectivity index (χ0v) is 15.8. The maximum atomic E-state index is 12.1. The van der Waals surface area contributed by atoms with Gasteiger partial charge >= 0.3 is 6.09 Å². The lowest BCUT2D eigenvalue weighted by atomic mass is 9.98. The highest BCUT2D eigenvalue weighted by Crippen LogP contribution is 2.24. The highest BCUT2D eigenvalue weighted by atomic mass is 16.6. The van der Waals surface area contributed by atoms with Crippen LogP contribution in [0.4, 0.5) is 4.79 Å². The molecule has 1 unspecified atom stereocenters. The standard InChI is InChI=1S/C20H28N2O4/c1-20(2,3)26-19(24)22-11-8-15(9-12-22)14-25-17-6-4-5-16(13-17)18(23)7-10-21/h4-6,13,15,18,23H,7-9,11-12,14H2,1-3H3. The molecule has 1 atom stereocenters. The number of likely N-dealkylation sites (tertiary alicyclic amines) is 1. The Morgan fingerprint density at radius 2 is 2.08 bits per heavy atom. The average Bonchev–Trinajstić information content (AvgIpc) is 2.59. The van der Waals surface area contributed by atoms with Gasteiger partial charge in [-0.2, -0.15) is 5.26 Å². The number of aliphatic hydroxyl groups excluding tert-OH is 1. The van der Waals surface area contributed by atoms with Gasteiger partial charge in [-0.3, -0.25) is 0 Å². The highest BCUT2D eigenvalue weighted by Gasteiger charge is 2.27. The van der Waals surface area contributed by atoms with Gasteiger partial charge in [-0.1, -0.05) is 12.1 Å². The van der Waals surface area contributed by atoms with Crippen LogP contribution >= 0.6 is 0 Å². The molecular weight excluding hydrogens is 332 g/mol. The summed E-state index contributed by atoms with van der Waals surface area (Å²) in [5, 5.41) is 18.6. The first-order valence-electron chi connectivity index (χ1n) is 9.04. The molecule has 1 fully saturated rings. The number of piperidine rings is 1. The van der Waals surface area contributed by atoms with Gasteiger partial charge in [-0.15, -0.1) is 0 Å². The van der Waals surface area contributed by atoms with E-state index in [1.54, 1.807) is 17.0 Å². The van der Waals surface area contributed by atoms with Crippen LogP contribution in [-0.4, -0.2) is 41.4 Å². The predicted molar refractivity (Wildman–Crippen MR) is 97.7 cm³/mol. The molecule has 2 rings (SSSR count). The van der Waals surface area contributed by atoms with Crippen LogP contribution in [0.3, 0.4) is 0 Å². The highest BCUT2D eigenvalue weighted by molar-refractivity contribution is 5.68. The number of amides is 1. The summed E-state index contributed by atoms with van der Waals surface area (Å²) in [6.07, 6.45) is 0.759. The molecule has 0 radical (unpaired) electrons. The molecule has 1 saturated heterocycles. The maximum absolute atomic E-state index is 12.1. The van der Waals surface area contributed by atoms with E-state index in [-0.39, 0.29) is 12.5 Å². The second-order valence-electron chi connectivity index (χ2n) is 7.67. The number of nitriles is 1. The van der Waals surface area contributed by atoms with Crippen LogP contribution in [0, 0.1) is 17.2 Å². The normalized spacial score (nSPS) is 16.7. The van der Waals surface area contributed by atoms with Gasteiger partial charge in [0, 0.05) is 13.1 Å². The van der Waals surface area contributed by atoms with Crippen molar-refractivity contribution in [2.75, 3.05) is 19.7 Å². The van der Waals surface area contributed by atoms with E-state index >= 15 is 0 Å². The lowest BCUT2D eigenvalue weighted by Gasteiger charge is -2.33. The van der Waals surface area contributed by atoms with Gasteiger partial charge in [0.25, 0.3) is 0 Å². The van der Waals surface area contributed by atoms with E-state index in [1.807, 2.05) is 39.0 Å². The largest absolute Gasteiger partial charge is 0.493 e. The van der Waals surface area contributed by atoms with Crippen molar-refractivity contribution in [1.29, 1.82) is 5.26 Å². The Balaban J connectivity index is 1.79. The van der Waals surface area contributed by atoms with E-state index in [4.69, 9.17) is 14.7 Å². The zero-order chi connectivity index (χ0) is 19.2. The molecule has 0 bridgehead atoms. The summed E-state index contributed by atoms with van der Waals surface area (Å²) < 4.78 is 11.3. The Hall–Kier alpha value is -2.26. The Kier molecular flexibility index (Phi) is 6.87. The van der Waals surface area contributed by atoms with Gasteiger partial charge in [0.2, 0.25) is 0 Å². The van der Waals surface area contributed by atoms with Gasteiger partial charge in [0.15, 0.2) is 0 Å². The molecular formula is C20H28N2O4. The Morgan fingerprint density at radius 1 is 1.38 bits per heavy atom. The number of rotatable bonds is 5. The predicted octanol–water partition coefficient (Wildman–Crippen LogP) is 3.66. The van der Waals surface area contributed by atoms with Gasteiger partial charge in [0.1, 0.15) is 11.4 Å². The van der Waals surface area contributed by atoms with Crippen molar-refractivity contribution < 1.29 is 19.4 Å². The van der Waals surface area contributed by atoms with Gasteiger partial charge < -0.3 is 19.5 Å². The van der Waals surface area contributed by atoms with Crippen LogP contribution in [0.15, 0.2) is 24.3 Å². The molecule has 1 aliphatic heterocycles.